The Hall–Kier alpha value is -1.14. The zero-order chi connectivity index (χ0) is 17.8. The van der Waals surface area contributed by atoms with Crippen LogP contribution in [0.2, 0.25) is 0 Å². The van der Waals surface area contributed by atoms with Crippen molar-refractivity contribution >= 4 is 17.7 Å². The van der Waals surface area contributed by atoms with E-state index in [0.717, 1.165) is 25.7 Å². The van der Waals surface area contributed by atoms with Gasteiger partial charge >= 0.3 is 0 Å². The van der Waals surface area contributed by atoms with Crippen LogP contribution in [0.25, 0.3) is 0 Å². The van der Waals surface area contributed by atoms with E-state index in [1.54, 1.807) is 18.7 Å². The number of nitrogens with one attached hydrogen (secondary N) is 2. The Morgan fingerprint density at radius 2 is 2.00 bits per heavy atom. The highest BCUT2D eigenvalue weighted by molar-refractivity contribution is 8.00. The third kappa shape index (κ3) is 2.44. The molecule has 1 aliphatic carbocycles. The molecule has 3 nitrogen and oxygen atoms in total. The lowest BCUT2D eigenvalue weighted by atomic mass is 9.65. The first kappa shape index (κ1) is 17.3. The summed E-state index contributed by atoms with van der Waals surface area (Å²) in [4.78, 5) is 12.5. The fourth-order valence-electron chi connectivity index (χ4n) is 5.26. The van der Waals surface area contributed by atoms with Gasteiger partial charge in [-0.05, 0) is 44.2 Å². The first-order chi connectivity index (χ1) is 12.0. The van der Waals surface area contributed by atoms with Gasteiger partial charge in [-0.2, -0.15) is 0 Å². The van der Waals surface area contributed by atoms with Crippen molar-refractivity contribution in [3.63, 3.8) is 0 Å². The average Bonchev–Trinajstić information content (AvgIpc) is 3.11. The topological polar surface area (TPSA) is 41.1 Å². The molecule has 5 unspecified atom stereocenters. The van der Waals surface area contributed by atoms with Crippen molar-refractivity contribution in [1.82, 2.24) is 10.6 Å². The van der Waals surface area contributed by atoms with Crippen LogP contribution in [0.15, 0.2) is 18.2 Å². The summed E-state index contributed by atoms with van der Waals surface area (Å²) in [7, 11) is 0. The zero-order valence-corrected chi connectivity index (χ0v) is 15.3. The molecule has 2 saturated heterocycles. The number of hydrogen-bond acceptors (Lipinski definition) is 3. The molecular formula is C19H24F2N2OS. The summed E-state index contributed by atoms with van der Waals surface area (Å²) >= 11 is 1.80. The van der Waals surface area contributed by atoms with Crippen LogP contribution in [-0.2, 0) is 4.79 Å². The molecule has 3 aliphatic rings. The minimum Gasteiger partial charge on any atom is -0.342 e. The standard InChI is InChI=1S/C19H24F2N2OS/c1-3-19-11-6-4-9-14(11)25-18(19)23-17(24)10(2)22-16(19)15-12(20)7-5-8-13(15)21/h5,7-8,10-11,14,16,18,22H,3-4,6,9H2,1-2H3,(H,23,24)/t10-,11?,14?,16?,18?,19?/m0/s1. The van der Waals surface area contributed by atoms with E-state index >= 15 is 0 Å². The quantitative estimate of drug-likeness (QED) is 0.838. The average molecular weight is 366 g/mol. The number of rotatable bonds is 2. The molecule has 25 heavy (non-hydrogen) atoms. The van der Waals surface area contributed by atoms with Crippen LogP contribution in [0, 0.1) is 23.0 Å². The van der Waals surface area contributed by atoms with Gasteiger partial charge in [-0.1, -0.05) is 19.4 Å². The molecule has 2 N–H and O–H groups in total. The SMILES string of the molecule is CCC12C(NC(=O)[C@H](C)NC1c1c(F)cccc1F)SC1CCCC12. The summed E-state index contributed by atoms with van der Waals surface area (Å²) in [6, 6.07) is 3.03. The molecule has 6 atom stereocenters. The predicted molar refractivity (Wildman–Crippen MR) is 95.1 cm³/mol. The highest BCUT2D eigenvalue weighted by Gasteiger charge is 2.62. The van der Waals surface area contributed by atoms with Gasteiger partial charge in [0.25, 0.3) is 0 Å². The van der Waals surface area contributed by atoms with Gasteiger partial charge < -0.3 is 5.32 Å². The fourth-order valence-corrected chi connectivity index (χ4v) is 7.41. The van der Waals surface area contributed by atoms with E-state index in [0.29, 0.717) is 11.2 Å². The van der Waals surface area contributed by atoms with Crippen LogP contribution in [-0.4, -0.2) is 22.6 Å². The highest BCUT2D eigenvalue weighted by Crippen LogP contribution is 2.64. The number of amides is 1. The smallest absolute Gasteiger partial charge is 0.237 e. The Kier molecular flexibility index (Phi) is 4.31. The normalized spacial score (nSPS) is 40.3. The van der Waals surface area contributed by atoms with Gasteiger partial charge in [0.05, 0.1) is 11.4 Å². The van der Waals surface area contributed by atoms with Crippen molar-refractivity contribution in [1.29, 1.82) is 0 Å². The second-order valence-corrected chi connectivity index (χ2v) is 8.87. The molecule has 2 aliphatic heterocycles. The lowest BCUT2D eigenvalue weighted by molar-refractivity contribution is -0.122. The van der Waals surface area contributed by atoms with E-state index in [2.05, 4.69) is 17.6 Å². The van der Waals surface area contributed by atoms with Gasteiger partial charge in [-0.3, -0.25) is 10.1 Å². The maximum Gasteiger partial charge on any atom is 0.237 e. The van der Waals surface area contributed by atoms with Gasteiger partial charge in [0.2, 0.25) is 5.91 Å². The molecule has 0 bridgehead atoms. The summed E-state index contributed by atoms with van der Waals surface area (Å²) in [5.74, 6) is -0.793. The molecule has 0 radical (unpaired) electrons. The number of halogens is 2. The van der Waals surface area contributed by atoms with Crippen LogP contribution in [0.3, 0.4) is 0 Å². The van der Waals surface area contributed by atoms with Crippen molar-refractivity contribution in [3.05, 3.63) is 35.4 Å². The van der Waals surface area contributed by atoms with Crippen LogP contribution in [0.5, 0.6) is 0 Å². The largest absolute Gasteiger partial charge is 0.342 e. The number of benzene rings is 1. The first-order valence-corrected chi connectivity index (χ1v) is 10.1. The summed E-state index contributed by atoms with van der Waals surface area (Å²) < 4.78 is 29.4. The van der Waals surface area contributed by atoms with E-state index in [1.807, 2.05) is 0 Å². The van der Waals surface area contributed by atoms with Gasteiger partial charge in [0, 0.05) is 22.3 Å². The molecule has 136 valence electrons. The number of hydrogen-bond donors (Lipinski definition) is 2. The van der Waals surface area contributed by atoms with Gasteiger partial charge in [-0.25, -0.2) is 8.78 Å². The maximum atomic E-state index is 14.7. The number of thioether (sulfide) groups is 1. The molecule has 3 fully saturated rings. The summed E-state index contributed by atoms with van der Waals surface area (Å²) in [5.41, 5.74) is -0.291. The molecule has 1 amide bonds. The zero-order valence-electron chi connectivity index (χ0n) is 14.5. The maximum absolute atomic E-state index is 14.7. The van der Waals surface area contributed by atoms with Crippen LogP contribution in [0.4, 0.5) is 8.78 Å². The van der Waals surface area contributed by atoms with E-state index in [-0.39, 0.29) is 22.3 Å². The first-order valence-electron chi connectivity index (χ1n) is 9.14. The Morgan fingerprint density at radius 3 is 2.68 bits per heavy atom. The molecular weight excluding hydrogens is 342 g/mol. The molecule has 1 saturated carbocycles. The molecule has 6 heteroatoms. The second-order valence-electron chi connectivity index (χ2n) is 7.52. The Balaban J connectivity index is 1.90. The summed E-state index contributed by atoms with van der Waals surface area (Å²) in [6.45, 7) is 3.85. The number of fused-ring (bicyclic) bond motifs is 3. The Morgan fingerprint density at radius 1 is 1.28 bits per heavy atom. The predicted octanol–water partition coefficient (Wildman–Crippen LogP) is 3.75. The van der Waals surface area contributed by atoms with Crippen LogP contribution < -0.4 is 10.6 Å². The van der Waals surface area contributed by atoms with Crippen molar-refractivity contribution in [2.45, 2.75) is 62.2 Å². The summed E-state index contributed by atoms with van der Waals surface area (Å²) in [5, 5.41) is 6.81. The Labute approximate surface area is 151 Å². The third-order valence-corrected chi connectivity index (χ3v) is 8.21. The molecule has 2 heterocycles. The molecule has 0 aromatic heterocycles. The van der Waals surface area contributed by atoms with Gasteiger partial charge in [0.15, 0.2) is 0 Å². The fraction of sp³-hybridized carbons (Fsp3) is 0.632. The minimum absolute atomic E-state index is 0.0884. The molecule has 0 spiro atoms. The van der Waals surface area contributed by atoms with Crippen molar-refractivity contribution in [2.75, 3.05) is 0 Å². The monoisotopic (exact) mass is 366 g/mol. The minimum atomic E-state index is -0.530. The molecule has 1 aromatic carbocycles. The van der Waals surface area contributed by atoms with Crippen molar-refractivity contribution in [2.24, 2.45) is 11.3 Å². The van der Waals surface area contributed by atoms with Crippen LogP contribution in [0.1, 0.15) is 51.1 Å². The van der Waals surface area contributed by atoms with E-state index in [1.165, 1.54) is 18.2 Å². The third-order valence-electron chi connectivity index (χ3n) is 6.46. The lowest BCUT2D eigenvalue weighted by Crippen LogP contribution is -2.49. The highest BCUT2D eigenvalue weighted by atomic mass is 32.2. The number of carbonyl (C=O) groups excluding carboxylic acids is 1. The van der Waals surface area contributed by atoms with E-state index in [4.69, 9.17) is 0 Å². The second kappa shape index (κ2) is 6.23. The van der Waals surface area contributed by atoms with Gasteiger partial charge in [-0.15, -0.1) is 11.8 Å². The summed E-state index contributed by atoms with van der Waals surface area (Å²) in [6.07, 6.45) is 4.09. The molecule has 4 rings (SSSR count). The van der Waals surface area contributed by atoms with Crippen LogP contribution >= 0.6 is 11.8 Å². The van der Waals surface area contributed by atoms with E-state index in [9.17, 15) is 13.6 Å². The van der Waals surface area contributed by atoms with Crippen molar-refractivity contribution < 1.29 is 13.6 Å². The molecule has 1 aromatic rings. The van der Waals surface area contributed by atoms with E-state index < -0.39 is 23.7 Å². The van der Waals surface area contributed by atoms with Crippen molar-refractivity contribution in [3.8, 4) is 0 Å². The Bertz CT molecular complexity index is 680. The van der Waals surface area contributed by atoms with Gasteiger partial charge in [0.1, 0.15) is 11.6 Å². The number of carbonyl (C=O) groups is 1. The lowest BCUT2D eigenvalue weighted by Gasteiger charge is -2.44.